The lowest BCUT2D eigenvalue weighted by Crippen LogP contribution is -2.55. The van der Waals surface area contributed by atoms with Crippen molar-refractivity contribution >= 4 is 69.5 Å². The molecule has 2 atom stereocenters. The molecule has 1 aromatic heterocycles. The van der Waals surface area contributed by atoms with E-state index in [9.17, 15) is 36.7 Å². The van der Waals surface area contributed by atoms with Gasteiger partial charge in [-0.3, -0.25) is 34.3 Å². The summed E-state index contributed by atoms with van der Waals surface area (Å²) in [6.07, 6.45) is 1.73. The summed E-state index contributed by atoms with van der Waals surface area (Å²) in [5.74, 6) is -1.78. The van der Waals surface area contributed by atoms with Crippen LogP contribution in [0.2, 0.25) is 0 Å². The molecule has 1 saturated carbocycles. The Morgan fingerprint density at radius 1 is 1.08 bits per heavy atom. The number of nitrogens with one attached hydrogen (secondary N) is 3. The summed E-state index contributed by atoms with van der Waals surface area (Å²) in [4.78, 5) is 59.4. The maximum absolute atomic E-state index is 14.7. The maximum atomic E-state index is 14.7. The van der Waals surface area contributed by atoms with Gasteiger partial charge >= 0.3 is 6.18 Å². The normalized spacial score (nSPS) is 20.4. The number of piperidine rings is 2. The monoisotopic (exact) mass is 838 g/mol. The molecule has 0 radical (unpaired) electrons. The molecule has 4 amide bonds. The van der Waals surface area contributed by atoms with E-state index in [4.69, 9.17) is 22.7 Å². The van der Waals surface area contributed by atoms with Gasteiger partial charge in [-0.1, -0.05) is 6.92 Å². The predicted octanol–water partition coefficient (Wildman–Crippen LogP) is 6.17. The molecule has 2 aromatic carbocycles. The van der Waals surface area contributed by atoms with Crippen molar-refractivity contribution in [2.45, 2.75) is 95.4 Å². The number of aryl methyl sites for hydroxylation is 1. The third-order valence-electron chi connectivity index (χ3n) is 11.9. The molecule has 1 aliphatic carbocycles. The Kier molecular flexibility index (Phi) is 11.8. The van der Waals surface area contributed by atoms with E-state index in [2.05, 4.69) is 25.8 Å². The number of ether oxygens (including phenoxy) is 1. The quantitative estimate of drug-likeness (QED) is 0.0938. The zero-order chi connectivity index (χ0) is 42.2. The number of imide groups is 1. The van der Waals surface area contributed by atoms with Crippen LogP contribution in [0.5, 0.6) is 5.75 Å². The van der Waals surface area contributed by atoms with Gasteiger partial charge in [-0.05, 0) is 138 Å². The molecule has 5 N–H and O–H groups in total. The van der Waals surface area contributed by atoms with Crippen LogP contribution in [-0.4, -0.2) is 75.9 Å². The van der Waals surface area contributed by atoms with Crippen molar-refractivity contribution in [2.75, 3.05) is 45.9 Å². The molecular formula is C41H46F4N8O5S. The highest BCUT2D eigenvalue weighted by atomic mass is 32.1. The third kappa shape index (κ3) is 8.42. The van der Waals surface area contributed by atoms with Crippen molar-refractivity contribution in [2.24, 2.45) is 5.92 Å². The number of alkyl halides is 3. The molecule has 0 bridgehead atoms. The van der Waals surface area contributed by atoms with Crippen molar-refractivity contribution in [3.8, 4) is 5.75 Å². The van der Waals surface area contributed by atoms with Crippen LogP contribution in [0.3, 0.4) is 0 Å². The van der Waals surface area contributed by atoms with Gasteiger partial charge < -0.3 is 26.0 Å². The number of aromatic nitrogens is 1. The Bertz CT molecular complexity index is 2160. The number of hydrogen-bond donors (Lipinski definition) is 4. The standard InChI is InChI=1S/C41H46F4N8O5S/c1-3-25-19-27(53-39(59)52(38(57)40(53)14-4-15-40)28-21-29(41(43,44)45)35(46)47-22-28)6-9-33(25)58-18-13-24-11-16-51(17-12-24)23(2)36(55)49-32-20-26(5-7-30(32)42)48-31-8-10-34(54)50-37(31)56/h5-7,9,19-24,31,48H,3-4,8,10-18H2,1-2H3,(H2,46,47)(H,49,55)(H,50,54,56)/t23-,31?/m1/s1. The first-order valence-corrected chi connectivity index (χ1v) is 20.2. The van der Waals surface area contributed by atoms with E-state index < -0.39 is 52.8 Å². The predicted molar refractivity (Wildman–Crippen MR) is 217 cm³/mol. The number of nitrogens with zero attached hydrogens (tertiary/aromatic N) is 4. The molecule has 7 rings (SSSR count). The van der Waals surface area contributed by atoms with Gasteiger partial charge in [0, 0.05) is 17.8 Å². The summed E-state index contributed by atoms with van der Waals surface area (Å²) in [7, 11) is 0. The van der Waals surface area contributed by atoms with Gasteiger partial charge in [-0.25, -0.2) is 9.37 Å². The van der Waals surface area contributed by atoms with Gasteiger partial charge in [0.25, 0.3) is 5.91 Å². The number of rotatable bonds is 12. The molecule has 1 unspecified atom stereocenters. The van der Waals surface area contributed by atoms with Crippen molar-refractivity contribution in [3.63, 3.8) is 0 Å². The Labute approximate surface area is 344 Å². The highest BCUT2D eigenvalue weighted by Crippen LogP contribution is 2.49. The summed E-state index contributed by atoms with van der Waals surface area (Å²) < 4.78 is 62.1. The van der Waals surface area contributed by atoms with Gasteiger partial charge in [0.15, 0.2) is 5.11 Å². The molecular weight excluding hydrogens is 793 g/mol. The number of anilines is 5. The summed E-state index contributed by atoms with van der Waals surface area (Å²) in [6, 6.07) is 9.36. The van der Waals surface area contributed by atoms with Crippen molar-refractivity contribution in [3.05, 3.63) is 65.6 Å². The van der Waals surface area contributed by atoms with Gasteiger partial charge in [0.05, 0.1) is 35.8 Å². The average molecular weight is 839 g/mol. The van der Waals surface area contributed by atoms with E-state index >= 15 is 0 Å². The van der Waals surface area contributed by atoms with Crippen molar-refractivity contribution in [1.29, 1.82) is 0 Å². The molecule has 13 nitrogen and oxygen atoms in total. The third-order valence-corrected chi connectivity index (χ3v) is 12.3. The highest BCUT2D eigenvalue weighted by Gasteiger charge is 2.60. The highest BCUT2D eigenvalue weighted by molar-refractivity contribution is 7.81. The average Bonchev–Trinajstić information content (AvgIpc) is 3.43. The maximum Gasteiger partial charge on any atom is 0.420 e. The van der Waals surface area contributed by atoms with Crippen LogP contribution in [0.15, 0.2) is 48.7 Å². The lowest BCUT2D eigenvalue weighted by Gasteiger charge is -2.43. The summed E-state index contributed by atoms with van der Waals surface area (Å²) >= 11 is 5.78. The van der Waals surface area contributed by atoms with E-state index in [1.54, 1.807) is 11.8 Å². The lowest BCUT2D eigenvalue weighted by molar-refractivity contribution is -0.137. The van der Waals surface area contributed by atoms with Crippen LogP contribution in [-0.2, 0) is 31.8 Å². The number of benzene rings is 2. The largest absolute Gasteiger partial charge is 0.493 e. The van der Waals surface area contributed by atoms with E-state index in [1.807, 2.05) is 25.1 Å². The lowest BCUT2D eigenvalue weighted by atomic mass is 9.75. The number of hydrogen-bond acceptors (Lipinski definition) is 10. The molecule has 4 aliphatic rings. The fourth-order valence-electron chi connectivity index (χ4n) is 8.25. The first-order valence-electron chi connectivity index (χ1n) is 19.8. The van der Waals surface area contributed by atoms with E-state index in [-0.39, 0.29) is 34.7 Å². The van der Waals surface area contributed by atoms with Crippen LogP contribution < -0.4 is 36.2 Å². The van der Waals surface area contributed by atoms with Gasteiger partial charge in [0.1, 0.15) is 29.0 Å². The number of amides is 4. The van der Waals surface area contributed by atoms with Gasteiger partial charge in [-0.15, -0.1) is 0 Å². The van der Waals surface area contributed by atoms with E-state index in [0.29, 0.717) is 68.4 Å². The summed E-state index contributed by atoms with van der Waals surface area (Å²) in [6.45, 7) is 5.57. The van der Waals surface area contributed by atoms with E-state index in [1.165, 1.54) is 18.2 Å². The Balaban J connectivity index is 0.924. The van der Waals surface area contributed by atoms with Gasteiger partial charge in [0.2, 0.25) is 17.7 Å². The Morgan fingerprint density at radius 3 is 2.49 bits per heavy atom. The second kappa shape index (κ2) is 16.7. The molecule has 4 heterocycles. The summed E-state index contributed by atoms with van der Waals surface area (Å²) in [5, 5.41) is 8.05. The zero-order valence-electron chi connectivity index (χ0n) is 32.7. The number of carbonyl (C=O) groups excluding carboxylic acids is 4. The topological polar surface area (TPSA) is 162 Å². The molecule has 1 spiro atoms. The minimum Gasteiger partial charge on any atom is -0.493 e. The number of pyridine rings is 1. The number of nitrogen functional groups attached to an aromatic ring is 1. The zero-order valence-corrected chi connectivity index (χ0v) is 33.5. The Hall–Kier alpha value is -5.36. The fourth-order valence-corrected chi connectivity index (χ4v) is 8.72. The van der Waals surface area contributed by atoms with Crippen LogP contribution in [0.1, 0.15) is 76.3 Å². The first-order chi connectivity index (χ1) is 28.1. The van der Waals surface area contributed by atoms with Crippen LogP contribution in [0.4, 0.5) is 46.1 Å². The van der Waals surface area contributed by atoms with E-state index in [0.717, 1.165) is 48.4 Å². The number of carbonyl (C=O) groups is 4. The second-order valence-corrected chi connectivity index (χ2v) is 15.9. The SMILES string of the molecule is CCc1cc(N2C(=S)N(c3cnc(N)c(C(F)(F)F)c3)C(=O)C23CCC3)ccc1OCCC1CCN([C@H](C)C(=O)Nc2cc(NC3CCC(=O)NC3=O)ccc2F)CC1. The van der Waals surface area contributed by atoms with Gasteiger partial charge in [-0.2, -0.15) is 13.2 Å². The minimum absolute atomic E-state index is 0.00882. The van der Waals surface area contributed by atoms with Crippen molar-refractivity contribution in [1.82, 2.24) is 15.2 Å². The second-order valence-electron chi connectivity index (χ2n) is 15.5. The number of likely N-dealkylation sites (tertiary alicyclic amines) is 1. The smallest absolute Gasteiger partial charge is 0.420 e. The minimum atomic E-state index is -4.76. The Morgan fingerprint density at radius 2 is 1.83 bits per heavy atom. The number of halogens is 4. The first kappa shape index (κ1) is 41.8. The number of nitrogens with two attached hydrogens (primary N) is 1. The summed E-state index contributed by atoms with van der Waals surface area (Å²) in [5.41, 5.74) is 5.27. The molecule has 4 fully saturated rings. The fraction of sp³-hybridized carbons (Fsp3) is 0.463. The van der Waals surface area contributed by atoms with Crippen molar-refractivity contribution < 1.29 is 41.5 Å². The van der Waals surface area contributed by atoms with Crippen LogP contribution >= 0.6 is 12.2 Å². The van der Waals surface area contributed by atoms with Crippen LogP contribution in [0, 0.1) is 11.7 Å². The molecule has 314 valence electrons. The van der Waals surface area contributed by atoms with Crippen LogP contribution in [0.25, 0.3) is 0 Å². The molecule has 3 aliphatic heterocycles. The molecule has 3 saturated heterocycles. The molecule has 59 heavy (non-hydrogen) atoms. The molecule has 3 aromatic rings. The number of thiocarbonyl (C=S) groups is 1. The molecule has 18 heteroatoms.